The standard InChI is InChI=1S/C8H10N2O2S/c9-13-10-8(11)12-6-7-4-2-1-3-5-7/h1-5H,6,9H2,(H,10,11). The Morgan fingerprint density at radius 2 is 2.15 bits per heavy atom. The average molecular weight is 198 g/mol. The molecular formula is C8H10N2O2S. The molecule has 3 N–H and O–H groups in total. The van der Waals surface area contributed by atoms with Crippen LogP contribution in [-0.2, 0) is 11.3 Å². The van der Waals surface area contributed by atoms with Crippen LogP contribution in [0.25, 0.3) is 0 Å². The van der Waals surface area contributed by atoms with Crippen molar-refractivity contribution in [2.45, 2.75) is 6.61 Å². The molecule has 0 heterocycles. The molecule has 0 unspecified atom stereocenters. The van der Waals surface area contributed by atoms with Crippen LogP contribution in [0.5, 0.6) is 0 Å². The SMILES string of the molecule is NSNC(=O)OCc1ccccc1. The zero-order valence-electron chi connectivity index (χ0n) is 6.90. The summed E-state index contributed by atoms with van der Waals surface area (Å²) in [5.41, 5.74) is 0.944. The van der Waals surface area contributed by atoms with Gasteiger partial charge < -0.3 is 4.74 Å². The van der Waals surface area contributed by atoms with Crippen LogP contribution in [0.2, 0.25) is 0 Å². The van der Waals surface area contributed by atoms with Gasteiger partial charge in [0.2, 0.25) is 0 Å². The molecule has 0 fully saturated rings. The van der Waals surface area contributed by atoms with Crippen LogP contribution >= 0.6 is 12.1 Å². The third kappa shape index (κ3) is 3.82. The van der Waals surface area contributed by atoms with E-state index in [2.05, 4.69) is 4.72 Å². The monoisotopic (exact) mass is 198 g/mol. The fourth-order valence-electron chi connectivity index (χ4n) is 0.801. The Kier molecular flexibility index (Phi) is 4.14. The van der Waals surface area contributed by atoms with E-state index in [9.17, 15) is 4.79 Å². The summed E-state index contributed by atoms with van der Waals surface area (Å²) in [6, 6.07) is 9.42. The quantitative estimate of drug-likeness (QED) is 0.721. The number of amides is 1. The summed E-state index contributed by atoms with van der Waals surface area (Å²) in [4.78, 5) is 10.8. The lowest BCUT2D eigenvalue weighted by Gasteiger charge is -2.03. The maximum atomic E-state index is 10.8. The van der Waals surface area contributed by atoms with E-state index in [0.29, 0.717) is 0 Å². The molecule has 0 bridgehead atoms. The van der Waals surface area contributed by atoms with Gasteiger partial charge in [0.05, 0.1) is 0 Å². The first-order valence-corrected chi connectivity index (χ1v) is 4.53. The van der Waals surface area contributed by atoms with Gasteiger partial charge in [0.1, 0.15) is 6.61 Å². The number of nitrogens with one attached hydrogen (secondary N) is 1. The van der Waals surface area contributed by atoms with E-state index < -0.39 is 6.09 Å². The Labute approximate surface area is 80.7 Å². The number of carbonyl (C=O) groups is 1. The highest BCUT2D eigenvalue weighted by molar-refractivity contribution is 7.95. The number of rotatable bonds is 3. The average Bonchev–Trinajstić information content (AvgIpc) is 2.17. The van der Waals surface area contributed by atoms with Gasteiger partial charge in [-0.1, -0.05) is 30.3 Å². The van der Waals surface area contributed by atoms with Gasteiger partial charge in [-0.15, -0.1) is 0 Å². The van der Waals surface area contributed by atoms with Crippen molar-refractivity contribution in [3.63, 3.8) is 0 Å². The smallest absolute Gasteiger partial charge is 0.418 e. The number of hydrogen-bond donors (Lipinski definition) is 2. The van der Waals surface area contributed by atoms with Crippen molar-refractivity contribution in [2.75, 3.05) is 0 Å². The largest absolute Gasteiger partial charge is 0.444 e. The highest BCUT2D eigenvalue weighted by Crippen LogP contribution is 2.00. The number of hydrogen-bond acceptors (Lipinski definition) is 4. The van der Waals surface area contributed by atoms with E-state index in [-0.39, 0.29) is 6.61 Å². The molecule has 0 aliphatic rings. The van der Waals surface area contributed by atoms with Crippen LogP contribution in [-0.4, -0.2) is 6.09 Å². The molecule has 1 amide bonds. The zero-order valence-corrected chi connectivity index (χ0v) is 7.71. The van der Waals surface area contributed by atoms with E-state index >= 15 is 0 Å². The Morgan fingerprint density at radius 3 is 2.77 bits per heavy atom. The molecule has 5 heteroatoms. The molecule has 0 spiro atoms. The van der Waals surface area contributed by atoms with Gasteiger partial charge in [-0.3, -0.25) is 9.86 Å². The van der Waals surface area contributed by atoms with Gasteiger partial charge in [-0.25, -0.2) is 4.79 Å². The normalized spacial score (nSPS) is 9.31. The molecule has 0 aromatic heterocycles. The van der Waals surface area contributed by atoms with Crippen molar-refractivity contribution in [3.8, 4) is 0 Å². The third-order valence-corrected chi connectivity index (χ3v) is 1.64. The van der Waals surface area contributed by atoms with Crippen molar-refractivity contribution >= 4 is 18.2 Å². The molecule has 0 aliphatic heterocycles. The summed E-state index contributed by atoms with van der Waals surface area (Å²) in [6.45, 7) is 0.257. The summed E-state index contributed by atoms with van der Waals surface area (Å²) >= 11 is 0.720. The van der Waals surface area contributed by atoms with Crippen LogP contribution in [0, 0.1) is 0 Å². The van der Waals surface area contributed by atoms with Crippen molar-refractivity contribution in [2.24, 2.45) is 5.14 Å². The Balaban J connectivity index is 2.31. The van der Waals surface area contributed by atoms with Crippen LogP contribution in [0.3, 0.4) is 0 Å². The number of nitrogens with two attached hydrogens (primary N) is 1. The Hall–Kier alpha value is -1.20. The first-order chi connectivity index (χ1) is 6.33. The molecule has 0 aliphatic carbocycles. The summed E-state index contributed by atoms with van der Waals surface area (Å²) in [7, 11) is 0. The molecule has 13 heavy (non-hydrogen) atoms. The lowest BCUT2D eigenvalue weighted by atomic mass is 10.2. The second-order valence-electron chi connectivity index (χ2n) is 2.28. The molecule has 1 aromatic rings. The highest BCUT2D eigenvalue weighted by atomic mass is 32.2. The van der Waals surface area contributed by atoms with Crippen LogP contribution in [0.4, 0.5) is 4.79 Å². The summed E-state index contributed by atoms with van der Waals surface area (Å²) in [6.07, 6.45) is -0.531. The molecule has 0 radical (unpaired) electrons. The second-order valence-corrected chi connectivity index (χ2v) is 2.72. The first kappa shape index (κ1) is 9.88. The minimum Gasteiger partial charge on any atom is -0.444 e. The summed E-state index contributed by atoms with van der Waals surface area (Å²) in [5.74, 6) is 0. The van der Waals surface area contributed by atoms with E-state index in [0.717, 1.165) is 17.7 Å². The molecule has 1 rings (SSSR count). The fourth-order valence-corrected chi connectivity index (χ4v) is 0.956. The van der Waals surface area contributed by atoms with Gasteiger partial charge in [-0.05, 0) is 5.56 Å². The van der Waals surface area contributed by atoms with Gasteiger partial charge in [-0.2, -0.15) is 0 Å². The number of carbonyl (C=O) groups excluding carboxylic acids is 1. The van der Waals surface area contributed by atoms with E-state index in [1.165, 1.54) is 0 Å². The fraction of sp³-hybridized carbons (Fsp3) is 0.125. The molecular weight excluding hydrogens is 188 g/mol. The van der Waals surface area contributed by atoms with Crippen LogP contribution in [0.15, 0.2) is 30.3 Å². The highest BCUT2D eigenvalue weighted by Gasteiger charge is 1.99. The van der Waals surface area contributed by atoms with E-state index in [1.807, 2.05) is 30.3 Å². The molecule has 0 saturated carbocycles. The summed E-state index contributed by atoms with van der Waals surface area (Å²) in [5, 5.41) is 5.00. The third-order valence-electron chi connectivity index (χ3n) is 1.36. The molecule has 1 aromatic carbocycles. The Bertz CT molecular complexity index is 266. The molecule has 0 saturated heterocycles. The summed E-state index contributed by atoms with van der Waals surface area (Å²) < 4.78 is 7.07. The van der Waals surface area contributed by atoms with E-state index in [4.69, 9.17) is 9.88 Å². The predicted octanol–water partition coefficient (Wildman–Crippen LogP) is 1.43. The second kappa shape index (κ2) is 5.45. The minimum atomic E-state index is -0.531. The van der Waals surface area contributed by atoms with E-state index in [1.54, 1.807) is 0 Å². The van der Waals surface area contributed by atoms with Gasteiger partial charge >= 0.3 is 6.09 Å². The van der Waals surface area contributed by atoms with Gasteiger partial charge in [0.15, 0.2) is 0 Å². The van der Waals surface area contributed by atoms with Crippen molar-refractivity contribution < 1.29 is 9.53 Å². The van der Waals surface area contributed by atoms with Gasteiger partial charge in [0.25, 0.3) is 0 Å². The lowest BCUT2D eigenvalue weighted by Crippen LogP contribution is -2.18. The van der Waals surface area contributed by atoms with Crippen molar-refractivity contribution in [1.82, 2.24) is 4.72 Å². The topological polar surface area (TPSA) is 64.3 Å². The minimum absolute atomic E-state index is 0.257. The number of ether oxygens (including phenoxy) is 1. The Morgan fingerprint density at radius 1 is 1.46 bits per heavy atom. The van der Waals surface area contributed by atoms with Crippen molar-refractivity contribution in [3.05, 3.63) is 35.9 Å². The lowest BCUT2D eigenvalue weighted by molar-refractivity contribution is 0.147. The maximum absolute atomic E-state index is 10.8. The first-order valence-electron chi connectivity index (χ1n) is 3.65. The molecule has 0 atom stereocenters. The number of benzene rings is 1. The van der Waals surface area contributed by atoms with Gasteiger partial charge in [0, 0.05) is 12.1 Å². The van der Waals surface area contributed by atoms with Crippen LogP contribution in [0.1, 0.15) is 5.56 Å². The van der Waals surface area contributed by atoms with Crippen molar-refractivity contribution in [1.29, 1.82) is 0 Å². The predicted molar refractivity (Wildman–Crippen MR) is 51.5 cm³/mol. The van der Waals surface area contributed by atoms with Crippen LogP contribution < -0.4 is 9.86 Å². The molecule has 4 nitrogen and oxygen atoms in total. The maximum Gasteiger partial charge on any atom is 0.418 e. The zero-order chi connectivity index (χ0) is 9.52. The molecule has 70 valence electrons.